The van der Waals surface area contributed by atoms with E-state index in [1.54, 1.807) is 0 Å². The van der Waals surface area contributed by atoms with Crippen molar-refractivity contribution < 1.29 is 9.59 Å². The van der Waals surface area contributed by atoms with Crippen LogP contribution in [-0.4, -0.2) is 79.0 Å². The van der Waals surface area contributed by atoms with Gasteiger partial charge in [0.15, 0.2) is 5.96 Å². The van der Waals surface area contributed by atoms with Crippen molar-refractivity contribution in [1.82, 2.24) is 25.8 Å². The molecule has 3 saturated heterocycles. The largest absolute Gasteiger partial charge is 0.355 e. The molecule has 3 heterocycles. The van der Waals surface area contributed by atoms with Gasteiger partial charge >= 0.3 is 6.03 Å². The Morgan fingerprint density at radius 2 is 1.86 bits per heavy atom. The molecule has 0 aromatic heterocycles. The van der Waals surface area contributed by atoms with Gasteiger partial charge in [-0.1, -0.05) is 6.92 Å². The van der Waals surface area contributed by atoms with Crippen molar-refractivity contribution in [3.63, 3.8) is 0 Å². The molecule has 8 heteroatoms. The maximum absolute atomic E-state index is 12.2. The topological polar surface area (TPSA) is 89.1 Å². The van der Waals surface area contributed by atoms with Crippen LogP contribution in [0.25, 0.3) is 0 Å². The maximum Gasteiger partial charge on any atom is 0.322 e. The van der Waals surface area contributed by atoms with Crippen molar-refractivity contribution in [2.45, 2.75) is 58.0 Å². The van der Waals surface area contributed by atoms with Gasteiger partial charge in [-0.15, -0.1) is 0 Å². The average molecular weight is 393 g/mol. The van der Waals surface area contributed by atoms with Gasteiger partial charge in [-0.05, 0) is 64.5 Å². The summed E-state index contributed by atoms with van der Waals surface area (Å²) >= 11 is 0. The predicted molar refractivity (Wildman–Crippen MR) is 110 cm³/mol. The summed E-state index contributed by atoms with van der Waals surface area (Å²) in [6.45, 7) is 11.4. The Bertz CT molecular complexity index is 608. The summed E-state index contributed by atoms with van der Waals surface area (Å²) in [4.78, 5) is 33.0. The SMILES string of the molecule is CN=C(NCC(C)N1CCC(C)CC1)N1CCC(C2(C)NC(=O)NC2=O)CC1. The molecular formula is C20H36N6O2. The normalized spacial score (nSPS) is 29.6. The fraction of sp³-hybridized carbons (Fsp3) is 0.850. The van der Waals surface area contributed by atoms with E-state index < -0.39 is 5.54 Å². The lowest BCUT2D eigenvalue weighted by Crippen LogP contribution is -2.56. The number of carbonyl (C=O) groups excluding carboxylic acids is 2. The van der Waals surface area contributed by atoms with Crippen LogP contribution in [0.4, 0.5) is 4.79 Å². The van der Waals surface area contributed by atoms with Gasteiger partial charge in [0.05, 0.1) is 0 Å². The van der Waals surface area contributed by atoms with Gasteiger partial charge in [0, 0.05) is 32.7 Å². The first kappa shape index (κ1) is 20.9. The number of hydrogen-bond acceptors (Lipinski definition) is 4. The van der Waals surface area contributed by atoms with E-state index in [1.165, 1.54) is 25.9 Å². The highest BCUT2D eigenvalue weighted by Crippen LogP contribution is 2.30. The number of imide groups is 1. The summed E-state index contributed by atoms with van der Waals surface area (Å²) in [6, 6.07) is 0.103. The Hall–Kier alpha value is -1.83. The third-order valence-electron chi connectivity index (χ3n) is 6.89. The zero-order valence-corrected chi connectivity index (χ0v) is 17.8. The molecular weight excluding hydrogens is 356 g/mol. The van der Waals surface area contributed by atoms with E-state index >= 15 is 0 Å². The second-order valence-electron chi connectivity index (χ2n) is 8.87. The quantitative estimate of drug-likeness (QED) is 0.377. The Labute approximate surface area is 168 Å². The van der Waals surface area contributed by atoms with Gasteiger partial charge in [-0.3, -0.25) is 20.0 Å². The van der Waals surface area contributed by atoms with E-state index in [9.17, 15) is 9.59 Å². The van der Waals surface area contributed by atoms with Crippen LogP contribution in [0.5, 0.6) is 0 Å². The second kappa shape index (κ2) is 8.68. The first-order chi connectivity index (χ1) is 13.3. The third kappa shape index (κ3) is 4.42. The molecule has 3 aliphatic heterocycles. The van der Waals surface area contributed by atoms with E-state index in [-0.39, 0.29) is 17.9 Å². The van der Waals surface area contributed by atoms with Gasteiger partial charge in [0.25, 0.3) is 5.91 Å². The number of carbonyl (C=O) groups is 2. The van der Waals surface area contributed by atoms with E-state index in [4.69, 9.17) is 0 Å². The number of urea groups is 1. The summed E-state index contributed by atoms with van der Waals surface area (Å²) in [7, 11) is 1.83. The average Bonchev–Trinajstić information content (AvgIpc) is 2.95. The molecule has 0 radical (unpaired) electrons. The molecule has 2 atom stereocenters. The van der Waals surface area contributed by atoms with E-state index in [0.717, 1.165) is 44.4 Å². The Morgan fingerprint density at radius 3 is 2.39 bits per heavy atom. The van der Waals surface area contributed by atoms with Crippen LogP contribution >= 0.6 is 0 Å². The number of nitrogens with one attached hydrogen (secondary N) is 3. The smallest absolute Gasteiger partial charge is 0.322 e. The van der Waals surface area contributed by atoms with Crippen LogP contribution in [-0.2, 0) is 4.79 Å². The fourth-order valence-corrected chi connectivity index (χ4v) is 4.68. The minimum atomic E-state index is -0.792. The van der Waals surface area contributed by atoms with E-state index in [1.807, 2.05) is 14.0 Å². The summed E-state index contributed by atoms with van der Waals surface area (Å²) in [5.41, 5.74) is -0.792. The highest BCUT2D eigenvalue weighted by Gasteiger charge is 2.48. The summed E-state index contributed by atoms with van der Waals surface area (Å²) < 4.78 is 0. The molecule has 8 nitrogen and oxygen atoms in total. The molecule has 0 spiro atoms. The number of nitrogens with zero attached hydrogens (tertiary/aromatic N) is 3. The minimum Gasteiger partial charge on any atom is -0.355 e. The molecule has 2 unspecified atom stereocenters. The zero-order valence-electron chi connectivity index (χ0n) is 17.8. The molecule has 158 valence electrons. The molecule has 3 rings (SSSR count). The molecule has 3 N–H and O–H groups in total. The molecule has 0 saturated carbocycles. The van der Waals surface area contributed by atoms with Gasteiger partial charge in [-0.25, -0.2) is 4.79 Å². The molecule has 0 aromatic carbocycles. The highest BCUT2D eigenvalue weighted by molar-refractivity contribution is 6.07. The van der Waals surface area contributed by atoms with Crippen molar-refractivity contribution in [3.05, 3.63) is 0 Å². The fourth-order valence-electron chi connectivity index (χ4n) is 4.68. The van der Waals surface area contributed by atoms with Crippen LogP contribution in [0.2, 0.25) is 0 Å². The number of rotatable bonds is 4. The van der Waals surface area contributed by atoms with Crippen LogP contribution in [0.15, 0.2) is 4.99 Å². The lowest BCUT2D eigenvalue weighted by atomic mass is 9.79. The van der Waals surface area contributed by atoms with E-state index in [2.05, 4.69) is 44.6 Å². The van der Waals surface area contributed by atoms with Gasteiger partial charge < -0.3 is 15.5 Å². The number of likely N-dealkylation sites (tertiary alicyclic amines) is 2. The Morgan fingerprint density at radius 1 is 1.21 bits per heavy atom. The van der Waals surface area contributed by atoms with Crippen LogP contribution in [0, 0.1) is 11.8 Å². The predicted octanol–water partition coefficient (Wildman–Crippen LogP) is 0.992. The van der Waals surface area contributed by atoms with Crippen molar-refractivity contribution >= 4 is 17.9 Å². The maximum atomic E-state index is 12.2. The van der Waals surface area contributed by atoms with Crippen molar-refractivity contribution in [1.29, 1.82) is 0 Å². The van der Waals surface area contributed by atoms with E-state index in [0.29, 0.717) is 6.04 Å². The van der Waals surface area contributed by atoms with Crippen LogP contribution in [0.3, 0.4) is 0 Å². The first-order valence-electron chi connectivity index (χ1n) is 10.7. The third-order valence-corrected chi connectivity index (χ3v) is 6.89. The monoisotopic (exact) mass is 392 g/mol. The zero-order chi connectivity index (χ0) is 20.3. The molecule has 0 bridgehead atoms. The number of aliphatic imine (C=N–C) groups is 1. The molecule has 3 amide bonds. The lowest BCUT2D eigenvalue weighted by Gasteiger charge is -2.40. The Balaban J connectivity index is 1.47. The summed E-state index contributed by atoms with van der Waals surface area (Å²) in [5, 5.41) is 8.73. The lowest BCUT2D eigenvalue weighted by molar-refractivity contribution is -0.125. The van der Waals surface area contributed by atoms with Crippen molar-refractivity contribution in [3.8, 4) is 0 Å². The summed E-state index contributed by atoms with van der Waals surface area (Å²) in [5.74, 6) is 1.71. The minimum absolute atomic E-state index is 0.141. The van der Waals surface area contributed by atoms with Gasteiger partial charge in [-0.2, -0.15) is 0 Å². The van der Waals surface area contributed by atoms with Crippen molar-refractivity contribution in [2.75, 3.05) is 39.8 Å². The molecule has 3 fully saturated rings. The second-order valence-corrected chi connectivity index (χ2v) is 8.87. The number of hydrogen-bond donors (Lipinski definition) is 3. The van der Waals surface area contributed by atoms with Crippen LogP contribution < -0.4 is 16.0 Å². The summed E-state index contributed by atoms with van der Waals surface area (Å²) in [6.07, 6.45) is 4.28. The number of amides is 3. The first-order valence-corrected chi connectivity index (χ1v) is 10.7. The van der Waals surface area contributed by atoms with Crippen molar-refractivity contribution in [2.24, 2.45) is 16.8 Å². The molecule has 0 aliphatic carbocycles. The highest BCUT2D eigenvalue weighted by atomic mass is 16.2. The van der Waals surface area contributed by atoms with Crippen LogP contribution in [0.1, 0.15) is 46.5 Å². The Kier molecular flexibility index (Phi) is 6.47. The van der Waals surface area contributed by atoms with Gasteiger partial charge in [0.2, 0.25) is 0 Å². The molecule has 28 heavy (non-hydrogen) atoms. The number of piperidine rings is 2. The molecule has 0 aromatic rings. The van der Waals surface area contributed by atoms with Gasteiger partial charge in [0.1, 0.15) is 5.54 Å². The molecule has 3 aliphatic rings. The standard InChI is InChI=1S/C20H36N6O2/c1-14-5-9-25(10-6-14)15(2)13-22-18(21-4)26-11-7-16(8-12-26)20(3)17(27)23-19(28)24-20/h14-16H,5-13H2,1-4H3,(H,21,22)(H2,23,24,27,28). The number of guanidine groups is 1.